The van der Waals surface area contributed by atoms with Gasteiger partial charge >= 0.3 is 5.97 Å². The van der Waals surface area contributed by atoms with Crippen molar-refractivity contribution >= 4 is 17.3 Å². The molecular formula is C13H21NO2S. The van der Waals surface area contributed by atoms with E-state index in [1.54, 1.807) is 0 Å². The zero-order chi connectivity index (χ0) is 12.8. The van der Waals surface area contributed by atoms with Crippen LogP contribution in [-0.2, 0) is 11.2 Å². The largest absolute Gasteiger partial charge is 0.481 e. The number of hydrogen-bond donors (Lipinski definition) is 1. The van der Waals surface area contributed by atoms with Crippen molar-refractivity contribution in [2.45, 2.75) is 39.2 Å². The van der Waals surface area contributed by atoms with E-state index in [1.807, 2.05) is 11.3 Å². The Bertz CT molecular complexity index is 362. The third-order valence-electron chi connectivity index (χ3n) is 3.01. The standard InChI is InChI=1S/C13H21NO2S/c1-4-11-7-8-12(17-11)10(2)14(3)9-5-6-13(15)16/h7-8,10H,4-6,9H2,1-3H3,(H,15,16). The average Bonchev–Trinajstić information content (AvgIpc) is 2.75. The van der Waals surface area contributed by atoms with Gasteiger partial charge < -0.3 is 5.11 Å². The summed E-state index contributed by atoms with van der Waals surface area (Å²) in [5, 5.41) is 8.60. The van der Waals surface area contributed by atoms with Gasteiger partial charge in [0.15, 0.2) is 0 Å². The Kier molecular flexibility index (Phi) is 5.65. The molecule has 0 aromatic carbocycles. The summed E-state index contributed by atoms with van der Waals surface area (Å²) in [6.07, 6.45) is 2.05. The van der Waals surface area contributed by atoms with Gasteiger partial charge in [-0.25, -0.2) is 0 Å². The third kappa shape index (κ3) is 4.48. The maximum Gasteiger partial charge on any atom is 0.303 e. The molecule has 96 valence electrons. The van der Waals surface area contributed by atoms with E-state index in [0.717, 1.165) is 13.0 Å². The van der Waals surface area contributed by atoms with Gasteiger partial charge in [-0.15, -0.1) is 11.3 Å². The summed E-state index contributed by atoms with van der Waals surface area (Å²) < 4.78 is 0. The van der Waals surface area contributed by atoms with E-state index in [0.29, 0.717) is 12.5 Å². The highest BCUT2D eigenvalue weighted by Gasteiger charge is 2.13. The number of aryl methyl sites for hydroxylation is 1. The number of carboxylic acids is 1. The van der Waals surface area contributed by atoms with Crippen LogP contribution in [0, 0.1) is 0 Å². The Labute approximate surface area is 107 Å². The highest BCUT2D eigenvalue weighted by molar-refractivity contribution is 7.12. The minimum atomic E-state index is -0.713. The van der Waals surface area contributed by atoms with Gasteiger partial charge in [-0.3, -0.25) is 9.69 Å². The lowest BCUT2D eigenvalue weighted by Gasteiger charge is -2.23. The SMILES string of the molecule is CCc1ccc(C(C)N(C)CCCC(=O)O)s1. The van der Waals surface area contributed by atoms with Crippen LogP contribution < -0.4 is 0 Å². The van der Waals surface area contributed by atoms with Crippen molar-refractivity contribution < 1.29 is 9.90 Å². The number of hydrogen-bond acceptors (Lipinski definition) is 3. The quantitative estimate of drug-likeness (QED) is 0.813. The first-order valence-corrected chi connectivity index (χ1v) is 6.87. The van der Waals surface area contributed by atoms with E-state index in [-0.39, 0.29) is 6.42 Å². The molecule has 0 saturated carbocycles. The van der Waals surface area contributed by atoms with Crippen molar-refractivity contribution in [1.82, 2.24) is 4.90 Å². The van der Waals surface area contributed by atoms with Crippen LogP contribution in [-0.4, -0.2) is 29.6 Å². The monoisotopic (exact) mass is 255 g/mol. The smallest absolute Gasteiger partial charge is 0.303 e. The van der Waals surface area contributed by atoms with Gasteiger partial charge in [-0.2, -0.15) is 0 Å². The second-order valence-corrected chi connectivity index (χ2v) is 5.51. The molecule has 1 rings (SSSR count). The summed E-state index contributed by atoms with van der Waals surface area (Å²) >= 11 is 1.85. The van der Waals surface area contributed by atoms with E-state index < -0.39 is 5.97 Å². The van der Waals surface area contributed by atoms with Crippen molar-refractivity contribution in [1.29, 1.82) is 0 Å². The van der Waals surface area contributed by atoms with Crippen LogP contribution in [0.15, 0.2) is 12.1 Å². The lowest BCUT2D eigenvalue weighted by Crippen LogP contribution is -2.23. The molecule has 1 aromatic rings. The number of rotatable bonds is 7. The molecule has 0 radical (unpaired) electrons. The number of aliphatic carboxylic acids is 1. The Balaban J connectivity index is 2.45. The van der Waals surface area contributed by atoms with E-state index in [1.165, 1.54) is 9.75 Å². The topological polar surface area (TPSA) is 40.5 Å². The van der Waals surface area contributed by atoms with Crippen LogP contribution in [0.1, 0.15) is 42.5 Å². The molecule has 0 bridgehead atoms. The molecule has 0 saturated heterocycles. The van der Waals surface area contributed by atoms with E-state index in [9.17, 15) is 4.79 Å². The van der Waals surface area contributed by atoms with E-state index >= 15 is 0 Å². The van der Waals surface area contributed by atoms with Gasteiger partial charge in [0.05, 0.1) is 0 Å². The predicted octanol–water partition coefficient (Wildman–Crippen LogP) is 3.17. The molecule has 1 heterocycles. The van der Waals surface area contributed by atoms with Gasteiger partial charge in [0.2, 0.25) is 0 Å². The van der Waals surface area contributed by atoms with Gasteiger partial charge in [0.1, 0.15) is 0 Å². The van der Waals surface area contributed by atoms with Gasteiger partial charge in [0.25, 0.3) is 0 Å². The highest BCUT2D eigenvalue weighted by atomic mass is 32.1. The molecule has 0 fully saturated rings. The number of carbonyl (C=O) groups is 1. The molecular weight excluding hydrogens is 234 g/mol. The predicted molar refractivity (Wildman–Crippen MR) is 71.6 cm³/mol. The molecule has 17 heavy (non-hydrogen) atoms. The highest BCUT2D eigenvalue weighted by Crippen LogP contribution is 2.27. The molecule has 1 N–H and O–H groups in total. The second-order valence-electron chi connectivity index (χ2n) is 4.31. The van der Waals surface area contributed by atoms with Crippen molar-refractivity contribution in [3.8, 4) is 0 Å². The number of thiophene rings is 1. The molecule has 0 aliphatic carbocycles. The minimum Gasteiger partial charge on any atom is -0.481 e. The van der Waals surface area contributed by atoms with Crippen molar-refractivity contribution in [3.05, 3.63) is 21.9 Å². The maximum absolute atomic E-state index is 10.4. The zero-order valence-electron chi connectivity index (χ0n) is 10.8. The molecule has 3 nitrogen and oxygen atoms in total. The molecule has 0 aliphatic heterocycles. The summed E-state index contributed by atoms with van der Waals surface area (Å²) in [7, 11) is 2.05. The lowest BCUT2D eigenvalue weighted by atomic mass is 10.2. The first-order valence-electron chi connectivity index (χ1n) is 6.05. The van der Waals surface area contributed by atoms with Crippen molar-refractivity contribution in [2.24, 2.45) is 0 Å². The molecule has 1 atom stereocenters. The van der Waals surface area contributed by atoms with Crippen LogP contribution in [0.4, 0.5) is 0 Å². The summed E-state index contributed by atoms with van der Waals surface area (Å²) in [6.45, 7) is 5.16. The van der Waals surface area contributed by atoms with Crippen LogP contribution in [0.5, 0.6) is 0 Å². The van der Waals surface area contributed by atoms with E-state index in [2.05, 4.69) is 37.9 Å². The van der Waals surface area contributed by atoms with Crippen LogP contribution in [0.25, 0.3) is 0 Å². The molecule has 0 spiro atoms. The number of nitrogens with zero attached hydrogens (tertiary/aromatic N) is 1. The minimum absolute atomic E-state index is 0.252. The fraction of sp³-hybridized carbons (Fsp3) is 0.615. The Hall–Kier alpha value is -0.870. The van der Waals surface area contributed by atoms with Crippen LogP contribution in [0.2, 0.25) is 0 Å². The molecule has 0 aliphatic rings. The van der Waals surface area contributed by atoms with Crippen LogP contribution in [0.3, 0.4) is 0 Å². The normalized spacial score (nSPS) is 12.9. The Morgan fingerprint density at radius 3 is 2.76 bits per heavy atom. The van der Waals surface area contributed by atoms with Crippen molar-refractivity contribution in [2.75, 3.05) is 13.6 Å². The summed E-state index contributed by atoms with van der Waals surface area (Å²) in [5.74, 6) is -0.713. The molecule has 1 aromatic heterocycles. The van der Waals surface area contributed by atoms with Gasteiger partial charge in [-0.1, -0.05) is 6.92 Å². The van der Waals surface area contributed by atoms with Gasteiger partial charge in [-0.05, 0) is 45.5 Å². The Morgan fingerprint density at radius 1 is 1.53 bits per heavy atom. The van der Waals surface area contributed by atoms with Crippen molar-refractivity contribution in [3.63, 3.8) is 0 Å². The lowest BCUT2D eigenvalue weighted by molar-refractivity contribution is -0.137. The van der Waals surface area contributed by atoms with Crippen LogP contribution >= 0.6 is 11.3 Å². The first kappa shape index (κ1) is 14.2. The molecule has 0 amide bonds. The number of carboxylic acid groups (broad SMARTS) is 1. The fourth-order valence-corrected chi connectivity index (χ4v) is 2.77. The Morgan fingerprint density at radius 2 is 2.24 bits per heavy atom. The average molecular weight is 255 g/mol. The fourth-order valence-electron chi connectivity index (χ4n) is 1.70. The first-order chi connectivity index (χ1) is 8.04. The van der Waals surface area contributed by atoms with E-state index in [4.69, 9.17) is 5.11 Å². The summed E-state index contributed by atoms with van der Waals surface area (Å²) in [5.41, 5.74) is 0. The maximum atomic E-state index is 10.4. The summed E-state index contributed by atoms with van der Waals surface area (Å²) in [4.78, 5) is 15.4. The second kappa shape index (κ2) is 6.77. The van der Waals surface area contributed by atoms with Gasteiger partial charge in [0, 0.05) is 22.2 Å². The molecule has 4 heteroatoms. The molecule has 1 unspecified atom stereocenters. The summed E-state index contributed by atoms with van der Waals surface area (Å²) in [6, 6.07) is 4.73. The zero-order valence-corrected chi connectivity index (χ0v) is 11.6. The third-order valence-corrected chi connectivity index (χ3v) is 4.41.